The van der Waals surface area contributed by atoms with Crippen LogP contribution in [0.25, 0.3) is 21.8 Å². The van der Waals surface area contributed by atoms with E-state index in [1.807, 2.05) is 34.6 Å². The van der Waals surface area contributed by atoms with Crippen LogP contribution in [0.1, 0.15) is 54.4 Å². The zero-order valence-corrected chi connectivity index (χ0v) is 29.0. The summed E-state index contributed by atoms with van der Waals surface area (Å²) >= 11 is 1.37. The van der Waals surface area contributed by atoms with Crippen LogP contribution in [-0.2, 0) is 19.4 Å². The number of piperazine rings is 1. The third kappa shape index (κ3) is 6.91. The molecule has 3 aliphatic rings. The molecule has 1 spiro atoms. The second kappa shape index (κ2) is 12.0. The Morgan fingerprint density at radius 3 is 2.38 bits per heavy atom. The first-order chi connectivity index (χ1) is 22.0. The predicted octanol–water partition coefficient (Wildman–Crippen LogP) is 5.19. The topological polar surface area (TPSA) is 147 Å². The van der Waals surface area contributed by atoms with Crippen molar-refractivity contribution in [3.8, 4) is 21.8 Å². The Morgan fingerprint density at radius 1 is 1.09 bits per heavy atom. The molecule has 2 atom stereocenters. The maximum atomic E-state index is 16.0. The fourth-order valence-corrected chi connectivity index (χ4v) is 10.4. The number of halogens is 1. The van der Waals surface area contributed by atoms with Crippen LogP contribution in [0.5, 0.6) is 0 Å². The van der Waals surface area contributed by atoms with Gasteiger partial charge in [-0.2, -0.15) is 0 Å². The summed E-state index contributed by atoms with van der Waals surface area (Å²) in [6.07, 6.45) is 2.74. The number of aromatic nitrogens is 3. The van der Waals surface area contributed by atoms with Crippen molar-refractivity contribution in [2.45, 2.75) is 78.1 Å². The van der Waals surface area contributed by atoms with Crippen LogP contribution >= 0.6 is 11.3 Å². The Bertz CT molecular complexity index is 1790. The number of hydrogen-bond donors (Lipinski definition) is 2. The van der Waals surface area contributed by atoms with E-state index in [0.717, 1.165) is 12.8 Å². The molecule has 3 aromatic rings. The van der Waals surface area contributed by atoms with Crippen LogP contribution in [0.2, 0.25) is 0 Å². The number of sulfone groups is 1. The first-order valence-corrected chi connectivity index (χ1v) is 18.3. The summed E-state index contributed by atoms with van der Waals surface area (Å²) in [5.41, 5.74) is 0.422. The fourth-order valence-electron chi connectivity index (χ4n) is 6.90. The van der Waals surface area contributed by atoms with Gasteiger partial charge < -0.3 is 25.2 Å². The van der Waals surface area contributed by atoms with E-state index in [4.69, 9.17) is 14.7 Å². The summed E-state index contributed by atoms with van der Waals surface area (Å²) in [5.74, 6) is -0.143. The molecule has 0 radical (unpaired) electrons. The molecule has 2 aliphatic heterocycles. The molecule has 0 unspecified atom stereocenters. The van der Waals surface area contributed by atoms with Crippen molar-refractivity contribution >= 4 is 49.9 Å². The molecule has 15 heteroatoms. The van der Waals surface area contributed by atoms with E-state index in [9.17, 15) is 18.0 Å². The lowest BCUT2D eigenvalue weighted by Gasteiger charge is -2.53. The number of carbonyl (C=O) groups excluding carboxylic acids is 2. The Kier molecular flexibility index (Phi) is 8.44. The quantitative estimate of drug-likeness (QED) is 0.356. The standard InChI is InChI=1S/C32H40FN7O5S2/c1-18-14-39(30(42)45-31(4,5)6)15-19(2)40(18)29-38-26(22-8-7-9-23(25(22)33)35-20(3)41)27(46-29)24-10-11-34-28(37-24)36-21-12-32(13-21)16-47(43,44)17-32/h7-11,18-19,21H,12-17H2,1-6H3,(H,35,41)(H,34,36,37)/t18-,19-/m0/s1. The second-order valence-electron chi connectivity index (χ2n) is 14.1. The lowest BCUT2D eigenvalue weighted by molar-refractivity contribution is -0.114. The van der Waals surface area contributed by atoms with Gasteiger partial charge in [-0.25, -0.2) is 32.6 Å². The molecule has 1 aromatic carbocycles. The van der Waals surface area contributed by atoms with Gasteiger partial charge in [0, 0.05) is 55.3 Å². The Labute approximate surface area is 278 Å². The van der Waals surface area contributed by atoms with Crippen molar-refractivity contribution in [3.63, 3.8) is 0 Å². The number of nitrogens with one attached hydrogen (secondary N) is 2. The number of thiazole rings is 1. The van der Waals surface area contributed by atoms with Gasteiger partial charge in [0.1, 0.15) is 5.60 Å². The Balaban J connectivity index is 1.32. The van der Waals surface area contributed by atoms with Crippen LogP contribution in [0, 0.1) is 11.2 Å². The van der Waals surface area contributed by atoms with E-state index in [-0.39, 0.29) is 52.4 Å². The van der Waals surface area contributed by atoms with Crippen molar-refractivity contribution < 1.29 is 27.1 Å². The Hall–Kier alpha value is -3.85. The third-order valence-corrected chi connectivity index (χ3v) is 11.8. The van der Waals surface area contributed by atoms with Crippen LogP contribution in [0.3, 0.4) is 0 Å². The molecule has 1 aliphatic carbocycles. The minimum Gasteiger partial charge on any atom is -0.444 e. The maximum Gasteiger partial charge on any atom is 0.410 e. The highest BCUT2D eigenvalue weighted by atomic mass is 32.2. The normalized spacial score (nSPS) is 21.9. The number of benzene rings is 1. The highest BCUT2D eigenvalue weighted by Crippen LogP contribution is 2.50. The van der Waals surface area contributed by atoms with Crippen molar-refractivity contribution in [2.24, 2.45) is 5.41 Å². The minimum absolute atomic E-state index is 0.0465. The van der Waals surface area contributed by atoms with Crippen LogP contribution in [-0.4, -0.2) is 88.6 Å². The summed E-state index contributed by atoms with van der Waals surface area (Å²) in [6, 6.07) is 6.34. The molecule has 12 nitrogen and oxygen atoms in total. The number of hydrogen-bond acceptors (Lipinski definition) is 11. The summed E-state index contributed by atoms with van der Waals surface area (Å²) in [4.78, 5) is 43.3. The largest absolute Gasteiger partial charge is 0.444 e. The molecule has 252 valence electrons. The SMILES string of the molecule is CC(=O)Nc1cccc(-c2nc(N3[C@@H](C)CN(C(=O)OC(C)(C)C)C[C@@H]3C)sc2-c2ccnc(NC3CC4(C3)CS(=O)(=O)C4)n2)c1F. The molecule has 3 fully saturated rings. The molecule has 4 heterocycles. The molecule has 47 heavy (non-hydrogen) atoms. The maximum absolute atomic E-state index is 16.0. The first-order valence-electron chi connectivity index (χ1n) is 15.7. The van der Waals surface area contributed by atoms with E-state index in [2.05, 4.69) is 20.5 Å². The van der Waals surface area contributed by atoms with Gasteiger partial charge >= 0.3 is 6.09 Å². The van der Waals surface area contributed by atoms with Crippen molar-refractivity contribution in [3.05, 3.63) is 36.3 Å². The first kappa shape index (κ1) is 33.1. The molecular weight excluding hydrogens is 646 g/mol. The Morgan fingerprint density at radius 2 is 1.77 bits per heavy atom. The summed E-state index contributed by atoms with van der Waals surface area (Å²) < 4.78 is 45.1. The molecule has 2 N–H and O–H groups in total. The monoisotopic (exact) mass is 685 g/mol. The van der Waals surface area contributed by atoms with Gasteiger partial charge in [-0.1, -0.05) is 17.4 Å². The van der Waals surface area contributed by atoms with Crippen LogP contribution in [0.15, 0.2) is 30.5 Å². The van der Waals surface area contributed by atoms with Gasteiger partial charge in [0.15, 0.2) is 20.8 Å². The van der Waals surface area contributed by atoms with Crippen molar-refractivity contribution in [2.75, 3.05) is 40.1 Å². The van der Waals surface area contributed by atoms with E-state index in [1.54, 1.807) is 29.3 Å². The van der Waals surface area contributed by atoms with E-state index in [1.165, 1.54) is 24.3 Å². The highest BCUT2D eigenvalue weighted by Gasteiger charge is 2.56. The van der Waals surface area contributed by atoms with E-state index in [0.29, 0.717) is 40.4 Å². The molecule has 2 aromatic heterocycles. The van der Waals surface area contributed by atoms with Gasteiger partial charge in [-0.05, 0) is 65.7 Å². The molecular formula is C32H40FN7O5S2. The summed E-state index contributed by atoms with van der Waals surface area (Å²) in [5, 5.41) is 6.54. The zero-order valence-electron chi connectivity index (χ0n) is 27.3. The molecule has 0 bridgehead atoms. The van der Waals surface area contributed by atoms with Gasteiger partial charge in [0.2, 0.25) is 11.9 Å². The minimum atomic E-state index is -2.91. The predicted molar refractivity (Wildman–Crippen MR) is 180 cm³/mol. The van der Waals surface area contributed by atoms with Crippen molar-refractivity contribution in [1.82, 2.24) is 19.9 Å². The molecule has 6 rings (SSSR count). The van der Waals surface area contributed by atoms with E-state index < -0.39 is 27.2 Å². The van der Waals surface area contributed by atoms with Gasteiger partial charge in [0.05, 0.1) is 33.5 Å². The number of amides is 2. The zero-order chi connectivity index (χ0) is 33.9. The lowest BCUT2D eigenvalue weighted by atomic mass is 9.67. The second-order valence-corrected chi connectivity index (χ2v) is 17.1. The molecule has 2 saturated heterocycles. The molecule has 1 saturated carbocycles. The number of ether oxygens (including phenoxy) is 1. The average Bonchev–Trinajstić information content (AvgIpc) is 3.35. The van der Waals surface area contributed by atoms with Crippen LogP contribution < -0.4 is 15.5 Å². The highest BCUT2D eigenvalue weighted by molar-refractivity contribution is 7.92. The third-order valence-electron chi connectivity index (χ3n) is 8.60. The number of anilines is 3. The molecule has 2 amide bonds. The van der Waals surface area contributed by atoms with E-state index >= 15 is 4.39 Å². The van der Waals surface area contributed by atoms with Gasteiger partial charge in [-0.3, -0.25) is 4.79 Å². The smallest absolute Gasteiger partial charge is 0.410 e. The van der Waals surface area contributed by atoms with Gasteiger partial charge in [0.25, 0.3) is 0 Å². The lowest BCUT2D eigenvalue weighted by Crippen LogP contribution is -2.60. The number of rotatable bonds is 6. The number of nitrogens with zero attached hydrogens (tertiary/aromatic N) is 5. The number of carbonyl (C=O) groups is 2. The van der Waals surface area contributed by atoms with Crippen molar-refractivity contribution in [1.29, 1.82) is 0 Å². The van der Waals surface area contributed by atoms with Crippen LogP contribution in [0.4, 0.5) is 26.0 Å². The summed E-state index contributed by atoms with van der Waals surface area (Å²) in [7, 11) is -2.91. The average molecular weight is 686 g/mol. The fraction of sp³-hybridized carbons (Fsp3) is 0.531. The summed E-state index contributed by atoms with van der Waals surface area (Å²) in [6.45, 7) is 11.7. The van der Waals surface area contributed by atoms with Gasteiger partial charge in [-0.15, -0.1) is 0 Å².